The van der Waals surface area contributed by atoms with Crippen LogP contribution < -0.4 is 0 Å². The molecule has 0 radical (unpaired) electrons. The molecule has 0 saturated heterocycles. The number of hydrogen-bond acceptors (Lipinski definition) is 2. The SMILES string of the molecule is C=CCCC(=O)N(CCCO)C1CCC1. The van der Waals surface area contributed by atoms with E-state index in [4.69, 9.17) is 5.11 Å². The molecule has 0 aromatic rings. The molecule has 1 N–H and O–H groups in total. The van der Waals surface area contributed by atoms with E-state index >= 15 is 0 Å². The van der Waals surface area contributed by atoms with E-state index in [0.29, 0.717) is 25.4 Å². The second kappa shape index (κ2) is 6.62. The van der Waals surface area contributed by atoms with Gasteiger partial charge in [0.2, 0.25) is 5.91 Å². The number of carbonyl (C=O) groups excluding carboxylic acids is 1. The molecule has 0 heterocycles. The van der Waals surface area contributed by atoms with Crippen molar-refractivity contribution in [2.75, 3.05) is 13.2 Å². The summed E-state index contributed by atoms with van der Waals surface area (Å²) < 4.78 is 0. The van der Waals surface area contributed by atoms with E-state index in [1.54, 1.807) is 6.08 Å². The summed E-state index contributed by atoms with van der Waals surface area (Å²) in [5.74, 6) is 0.216. The zero-order chi connectivity index (χ0) is 11.1. The van der Waals surface area contributed by atoms with Crippen molar-refractivity contribution in [3.05, 3.63) is 12.7 Å². The van der Waals surface area contributed by atoms with Crippen LogP contribution in [0.1, 0.15) is 38.5 Å². The van der Waals surface area contributed by atoms with E-state index in [0.717, 1.165) is 19.3 Å². The predicted octanol–water partition coefficient (Wildman–Crippen LogP) is 1.72. The first kappa shape index (κ1) is 12.2. The van der Waals surface area contributed by atoms with Crippen molar-refractivity contribution in [2.24, 2.45) is 0 Å². The highest BCUT2D eigenvalue weighted by Gasteiger charge is 2.27. The van der Waals surface area contributed by atoms with Crippen molar-refractivity contribution in [3.63, 3.8) is 0 Å². The first-order valence-electron chi connectivity index (χ1n) is 5.80. The Morgan fingerprint density at radius 2 is 2.27 bits per heavy atom. The van der Waals surface area contributed by atoms with Crippen LogP contribution >= 0.6 is 0 Å². The van der Waals surface area contributed by atoms with E-state index in [-0.39, 0.29) is 12.5 Å². The van der Waals surface area contributed by atoms with Crippen LogP contribution in [0.5, 0.6) is 0 Å². The number of amides is 1. The summed E-state index contributed by atoms with van der Waals surface area (Å²) in [6.07, 6.45) is 7.28. The van der Waals surface area contributed by atoms with Crippen LogP contribution in [-0.4, -0.2) is 35.1 Å². The van der Waals surface area contributed by atoms with E-state index in [9.17, 15) is 4.79 Å². The smallest absolute Gasteiger partial charge is 0.223 e. The van der Waals surface area contributed by atoms with Crippen molar-refractivity contribution in [1.29, 1.82) is 0 Å². The molecule has 1 fully saturated rings. The third-order valence-corrected chi connectivity index (χ3v) is 2.96. The van der Waals surface area contributed by atoms with Crippen molar-refractivity contribution in [1.82, 2.24) is 4.90 Å². The summed E-state index contributed by atoms with van der Waals surface area (Å²) in [5.41, 5.74) is 0. The minimum Gasteiger partial charge on any atom is -0.396 e. The first-order chi connectivity index (χ1) is 7.29. The Balaban J connectivity index is 2.38. The largest absolute Gasteiger partial charge is 0.396 e. The van der Waals surface area contributed by atoms with Crippen LogP contribution in [0.15, 0.2) is 12.7 Å². The van der Waals surface area contributed by atoms with Gasteiger partial charge in [0.05, 0.1) is 0 Å². The van der Waals surface area contributed by atoms with Gasteiger partial charge < -0.3 is 10.0 Å². The van der Waals surface area contributed by atoms with Crippen molar-refractivity contribution >= 4 is 5.91 Å². The Morgan fingerprint density at radius 1 is 1.53 bits per heavy atom. The fraction of sp³-hybridized carbons (Fsp3) is 0.750. The molecule has 86 valence electrons. The normalized spacial score (nSPS) is 15.8. The lowest BCUT2D eigenvalue weighted by atomic mass is 9.91. The Hall–Kier alpha value is -0.830. The van der Waals surface area contributed by atoms with Gasteiger partial charge in [-0.3, -0.25) is 4.79 Å². The Bertz CT molecular complexity index is 212. The highest BCUT2D eigenvalue weighted by molar-refractivity contribution is 5.76. The minimum atomic E-state index is 0.165. The molecule has 3 nitrogen and oxygen atoms in total. The molecule has 1 amide bonds. The number of carbonyl (C=O) groups is 1. The Morgan fingerprint density at radius 3 is 2.73 bits per heavy atom. The maximum Gasteiger partial charge on any atom is 0.223 e. The fourth-order valence-corrected chi connectivity index (χ4v) is 1.82. The number of rotatable bonds is 7. The molecule has 0 aromatic carbocycles. The lowest BCUT2D eigenvalue weighted by Crippen LogP contribution is -2.44. The first-order valence-corrected chi connectivity index (χ1v) is 5.80. The number of aliphatic hydroxyl groups is 1. The van der Waals surface area contributed by atoms with Gasteiger partial charge in [0.1, 0.15) is 0 Å². The number of hydrogen-bond donors (Lipinski definition) is 1. The molecule has 1 rings (SSSR count). The molecule has 3 heteroatoms. The van der Waals surface area contributed by atoms with E-state index in [1.807, 2.05) is 4.90 Å². The molecule has 1 saturated carbocycles. The molecule has 0 bridgehead atoms. The molecule has 15 heavy (non-hydrogen) atoms. The molecular formula is C12H21NO2. The van der Waals surface area contributed by atoms with Gasteiger partial charge in [-0.2, -0.15) is 0 Å². The quantitative estimate of drug-likeness (QED) is 0.651. The summed E-state index contributed by atoms with van der Waals surface area (Å²) in [7, 11) is 0. The predicted molar refractivity (Wildman–Crippen MR) is 60.5 cm³/mol. The summed E-state index contributed by atoms with van der Waals surface area (Å²) in [4.78, 5) is 13.8. The van der Waals surface area contributed by atoms with E-state index in [2.05, 4.69) is 6.58 Å². The van der Waals surface area contributed by atoms with Gasteiger partial charge in [0.15, 0.2) is 0 Å². The standard InChI is InChI=1S/C12H21NO2/c1-2-3-8-12(15)13(9-5-10-14)11-6-4-7-11/h2,11,14H,1,3-10H2. The Labute approximate surface area is 91.8 Å². The van der Waals surface area contributed by atoms with Crippen LogP contribution in [0.3, 0.4) is 0 Å². The van der Waals surface area contributed by atoms with Gasteiger partial charge in [-0.05, 0) is 32.1 Å². The third kappa shape index (κ3) is 3.67. The van der Waals surface area contributed by atoms with Crippen LogP contribution in [-0.2, 0) is 4.79 Å². The van der Waals surface area contributed by atoms with Crippen LogP contribution in [0.4, 0.5) is 0 Å². The maximum absolute atomic E-state index is 11.8. The summed E-state index contributed by atoms with van der Waals surface area (Å²) in [6, 6.07) is 0.439. The van der Waals surface area contributed by atoms with Gasteiger partial charge in [-0.25, -0.2) is 0 Å². The molecular weight excluding hydrogens is 190 g/mol. The molecule has 0 aliphatic heterocycles. The topological polar surface area (TPSA) is 40.5 Å². The average Bonchev–Trinajstić information content (AvgIpc) is 2.17. The molecule has 1 aliphatic rings. The van der Waals surface area contributed by atoms with Gasteiger partial charge in [0.25, 0.3) is 0 Å². The summed E-state index contributed by atoms with van der Waals surface area (Å²) >= 11 is 0. The van der Waals surface area contributed by atoms with Crippen molar-refractivity contribution < 1.29 is 9.90 Å². The Kier molecular flexibility index (Phi) is 5.40. The fourth-order valence-electron chi connectivity index (χ4n) is 1.82. The highest BCUT2D eigenvalue weighted by atomic mass is 16.3. The summed E-state index contributed by atoms with van der Waals surface area (Å²) in [6.45, 7) is 4.49. The molecule has 0 aromatic heterocycles. The lowest BCUT2D eigenvalue weighted by molar-refractivity contribution is -0.135. The molecule has 0 spiro atoms. The monoisotopic (exact) mass is 211 g/mol. The number of aliphatic hydroxyl groups excluding tert-OH is 1. The maximum atomic E-state index is 11.8. The number of allylic oxidation sites excluding steroid dienone is 1. The lowest BCUT2D eigenvalue weighted by Gasteiger charge is -2.37. The second-order valence-electron chi connectivity index (χ2n) is 4.08. The van der Waals surface area contributed by atoms with Crippen LogP contribution in [0.2, 0.25) is 0 Å². The highest BCUT2D eigenvalue weighted by Crippen LogP contribution is 2.25. The summed E-state index contributed by atoms with van der Waals surface area (Å²) in [5, 5.41) is 8.79. The molecule has 0 atom stereocenters. The molecule has 1 aliphatic carbocycles. The van der Waals surface area contributed by atoms with Gasteiger partial charge in [0, 0.05) is 25.6 Å². The van der Waals surface area contributed by atoms with Gasteiger partial charge >= 0.3 is 0 Å². The number of nitrogens with zero attached hydrogens (tertiary/aromatic N) is 1. The zero-order valence-electron chi connectivity index (χ0n) is 9.32. The minimum absolute atomic E-state index is 0.165. The van der Waals surface area contributed by atoms with Crippen molar-refractivity contribution in [2.45, 2.75) is 44.6 Å². The zero-order valence-corrected chi connectivity index (χ0v) is 9.32. The van der Waals surface area contributed by atoms with Crippen LogP contribution in [0.25, 0.3) is 0 Å². The van der Waals surface area contributed by atoms with Gasteiger partial charge in [-0.15, -0.1) is 6.58 Å². The second-order valence-corrected chi connectivity index (χ2v) is 4.08. The van der Waals surface area contributed by atoms with E-state index < -0.39 is 0 Å². The van der Waals surface area contributed by atoms with Gasteiger partial charge in [-0.1, -0.05) is 6.08 Å². The van der Waals surface area contributed by atoms with Crippen LogP contribution in [0, 0.1) is 0 Å². The molecule has 0 unspecified atom stereocenters. The van der Waals surface area contributed by atoms with Crippen molar-refractivity contribution in [3.8, 4) is 0 Å². The third-order valence-electron chi connectivity index (χ3n) is 2.96. The van der Waals surface area contributed by atoms with E-state index in [1.165, 1.54) is 6.42 Å². The average molecular weight is 211 g/mol.